The number of nitrogens with zero attached hydrogens (tertiary/aromatic N) is 1. The molecule has 2 unspecified atom stereocenters. The molecule has 19 heavy (non-hydrogen) atoms. The van der Waals surface area contributed by atoms with Crippen LogP contribution in [0.1, 0.15) is 6.42 Å². The summed E-state index contributed by atoms with van der Waals surface area (Å²) >= 11 is 0. The van der Waals surface area contributed by atoms with Gasteiger partial charge >= 0.3 is 0 Å². The summed E-state index contributed by atoms with van der Waals surface area (Å²) in [7, 11) is 1.65. The third-order valence-corrected chi connectivity index (χ3v) is 3.26. The van der Waals surface area contributed by atoms with Gasteiger partial charge in [0.05, 0.1) is 32.5 Å². The number of ether oxygens (including phenoxy) is 3. The van der Waals surface area contributed by atoms with Gasteiger partial charge in [-0.3, -0.25) is 4.79 Å². The summed E-state index contributed by atoms with van der Waals surface area (Å²) in [6.07, 6.45) is 0.503. The predicted octanol–water partition coefficient (Wildman–Crippen LogP) is -0.339. The first-order valence-electron chi connectivity index (χ1n) is 6.49. The Hall–Kier alpha value is -0.400. The highest BCUT2D eigenvalue weighted by atomic mass is 35.5. The van der Waals surface area contributed by atoms with E-state index in [0.29, 0.717) is 39.3 Å². The van der Waals surface area contributed by atoms with Gasteiger partial charge in [0, 0.05) is 39.2 Å². The van der Waals surface area contributed by atoms with Crippen molar-refractivity contribution in [2.24, 2.45) is 0 Å². The maximum Gasteiger partial charge on any atom is 0.224 e. The fourth-order valence-corrected chi connectivity index (χ4v) is 2.32. The number of halogens is 1. The van der Waals surface area contributed by atoms with E-state index in [1.54, 1.807) is 7.11 Å². The van der Waals surface area contributed by atoms with E-state index in [1.165, 1.54) is 0 Å². The minimum Gasteiger partial charge on any atom is -0.382 e. The van der Waals surface area contributed by atoms with Crippen molar-refractivity contribution in [3.63, 3.8) is 0 Å². The molecule has 7 heteroatoms. The average Bonchev–Trinajstić information content (AvgIpc) is 2.40. The highest BCUT2D eigenvalue weighted by Gasteiger charge is 2.26. The van der Waals surface area contributed by atoms with Crippen LogP contribution >= 0.6 is 12.4 Å². The van der Waals surface area contributed by atoms with Gasteiger partial charge in [-0.2, -0.15) is 0 Å². The van der Waals surface area contributed by atoms with Gasteiger partial charge in [-0.05, 0) is 0 Å². The van der Waals surface area contributed by atoms with Crippen LogP contribution < -0.4 is 5.32 Å². The van der Waals surface area contributed by atoms with Crippen molar-refractivity contribution in [1.82, 2.24) is 10.2 Å². The van der Waals surface area contributed by atoms with Gasteiger partial charge in [-0.25, -0.2) is 0 Å². The van der Waals surface area contributed by atoms with E-state index in [-0.39, 0.29) is 30.5 Å². The molecular formula is C12H23ClN2O4. The Morgan fingerprint density at radius 2 is 2.32 bits per heavy atom. The van der Waals surface area contributed by atoms with Crippen LogP contribution in [0, 0.1) is 0 Å². The van der Waals surface area contributed by atoms with E-state index >= 15 is 0 Å². The number of methoxy groups -OCH3 is 1. The quantitative estimate of drug-likeness (QED) is 0.769. The maximum atomic E-state index is 12.2. The Kier molecular flexibility index (Phi) is 7.63. The molecule has 6 nitrogen and oxygen atoms in total. The van der Waals surface area contributed by atoms with Gasteiger partial charge in [0.2, 0.25) is 5.91 Å². The number of carbonyl (C=O) groups excluding carboxylic acids is 1. The molecule has 2 fully saturated rings. The zero-order valence-electron chi connectivity index (χ0n) is 11.3. The Morgan fingerprint density at radius 3 is 3.00 bits per heavy atom. The molecule has 2 aliphatic heterocycles. The average molecular weight is 295 g/mol. The first kappa shape index (κ1) is 16.7. The van der Waals surface area contributed by atoms with Crippen LogP contribution in [-0.4, -0.2) is 76.1 Å². The van der Waals surface area contributed by atoms with Crippen molar-refractivity contribution in [3.8, 4) is 0 Å². The van der Waals surface area contributed by atoms with Gasteiger partial charge in [0.15, 0.2) is 0 Å². The summed E-state index contributed by atoms with van der Waals surface area (Å²) in [5, 5.41) is 3.30. The van der Waals surface area contributed by atoms with Crippen molar-refractivity contribution in [2.45, 2.75) is 18.6 Å². The Bertz CT molecular complexity index is 272. The molecule has 112 valence electrons. The molecule has 1 amide bonds. The molecule has 0 aromatic rings. The first-order valence-corrected chi connectivity index (χ1v) is 6.49. The maximum absolute atomic E-state index is 12.2. The molecule has 2 atom stereocenters. The summed E-state index contributed by atoms with van der Waals surface area (Å²) in [6, 6.07) is 0.148. The van der Waals surface area contributed by atoms with E-state index in [9.17, 15) is 4.79 Å². The van der Waals surface area contributed by atoms with Crippen molar-refractivity contribution in [1.29, 1.82) is 0 Å². The number of hydrogen-bond donors (Lipinski definition) is 1. The number of hydrogen-bond acceptors (Lipinski definition) is 5. The fourth-order valence-electron chi connectivity index (χ4n) is 2.32. The largest absolute Gasteiger partial charge is 0.382 e. The minimum absolute atomic E-state index is 0. The van der Waals surface area contributed by atoms with Crippen LogP contribution in [0.3, 0.4) is 0 Å². The second kappa shape index (κ2) is 8.71. The topological polar surface area (TPSA) is 60.0 Å². The Morgan fingerprint density at radius 1 is 1.47 bits per heavy atom. The lowest BCUT2D eigenvalue weighted by molar-refractivity contribution is -0.142. The molecule has 0 radical (unpaired) electrons. The van der Waals surface area contributed by atoms with Crippen molar-refractivity contribution in [3.05, 3.63) is 0 Å². The molecule has 2 aliphatic rings. The van der Waals surface area contributed by atoms with Crippen LogP contribution in [0.4, 0.5) is 0 Å². The number of morpholine rings is 2. The zero-order valence-corrected chi connectivity index (χ0v) is 12.1. The van der Waals surface area contributed by atoms with Crippen molar-refractivity contribution >= 4 is 18.3 Å². The number of amides is 1. The summed E-state index contributed by atoms with van der Waals surface area (Å²) in [5.41, 5.74) is 0. The zero-order chi connectivity index (χ0) is 12.8. The van der Waals surface area contributed by atoms with Gasteiger partial charge in [0.1, 0.15) is 0 Å². The third-order valence-electron chi connectivity index (χ3n) is 3.26. The number of carbonyl (C=O) groups is 1. The molecule has 0 saturated carbocycles. The molecular weight excluding hydrogens is 272 g/mol. The SMILES string of the molecule is COCC1CN(C(=O)CC2COCCN2)CCO1.Cl. The molecule has 1 N–H and O–H groups in total. The predicted molar refractivity (Wildman–Crippen MR) is 72.7 cm³/mol. The first-order chi connectivity index (χ1) is 8.79. The highest BCUT2D eigenvalue weighted by molar-refractivity contribution is 5.85. The molecule has 0 aliphatic carbocycles. The minimum atomic E-state index is 0. The van der Waals surface area contributed by atoms with Crippen LogP contribution in [0.25, 0.3) is 0 Å². The van der Waals surface area contributed by atoms with E-state index in [0.717, 1.165) is 13.2 Å². The Labute approximate surface area is 120 Å². The van der Waals surface area contributed by atoms with Crippen molar-refractivity contribution in [2.75, 3.05) is 53.2 Å². The van der Waals surface area contributed by atoms with Gasteiger partial charge in [-0.15, -0.1) is 12.4 Å². The second-order valence-electron chi connectivity index (χ2n) is 4.72. The van der Waals surface area contributed by atoms with Gasteiger partial charge < -0.3 is 24.4 Å². The van der Waals surface area contributed by atoms with Gasteiger partial charge in [0.25, 0.3) is 0 Å². The lowest BCUT2D eigenvalue weighted by Gasteiger charge is -2.34. The summed E-state index contributed by atoms with van der Waals surface area (Å²) in [4.78, 5) is 14.0. The molecule has 2 saturated heterocycles. The summed E-state index contributed by atoms with van der Waals surface area (Å²) in [6.45, 7) is 4.61. The molecule has 0 aromatic carbocycles. The number of nitrogens with one attached hydrogen (secondary N) is 1. The monoisotopic (exact) mass is 294 g/mol. The van der Waals surface area contributed by atoms with Crippen LogP contribution in [-0.2, 0) is 19.0 Å². The van der Waals surface area contributed by atoms with Crippen molar-refractivity contribution < 1.29 is 19.0 Å². The lowest BCUT2D eigenvalue weighted by Crippen LogP contribution is -2.50. The smallest absolute Gasteiger partial charge is 0.224 e. The normalized spacial score (nSPS) is 27.7. The fraction of sp³-hybridized carbons (Fsp3) is 0.917. The Balaban J connectivity index is 0.00000180. The lowest BCUT2D eigenvalue weighted by atomic mass is 10.1. The van der Waals surface area contributed by atoms with E-state index < -0.39 is 0 Å². The molecule has 2 rings (SSSR count). The molecule has 0 spiro atoms. The summed E-state index contributed by atoms with van der Waals surface area (Å²) < 4.78 is 15.9. The molecule has 2 heterocycles. The van der Waals surface area contributed by atoms with E-state index in [1.807, 2.05) is 4.90 Å². The standard InChI is InChI=1S/C12H22N2O4.ClH/c1-16-9-11-7-14(3-5-18-11)12(15)6-10-8-17-4-2-13-10;/h10-11,13H,2-9H2,1H3;1H. The van der Waals surface area contributed by atoms with Crippen LogP contribution in [0.5, 0.6) is 0 Å². The van der Waals surface area contributed by atoms with Crippen LogP contribution in [0.15, 0.2) is 0 Å². The highest BCUT2D eigenvalue weighted by Crippen LogP contribution is 2.09. The van der Waals surface area contributed by atoms with E-state index in [2.05, 4.69) is 5.32 Å². The van der Waals surface area contributed by atoms with Crippen LogP contribution in [0.2, 0.25) is 0 Å². The summed E-state index contributed by atoms with van der Waals surface area (Å²) in [5.74, 6) is 0.169. The third kappa shape index (κ3) is 5.24. The molecule has 0 bridgehead atoms. The number of rotatable bonds is 4. The van der Waals surface area contributed by atoms with E-state index in [4.69, 9.17) is 14.2 Å². The van der Waals surface area contributed by atoms with Gasteiger partial charge in [-0.1, -0.05) is 0 Å². The molecule has 0 aromatic heterocycles. The second-order valence-corrected chi connectivity index (χ2v) is 4.72.